The molecule has 0 spiro atoms. The molecule has 0 aliphatic rings. The van der Waals surface area contributed by atoms with Crippen molar-refractivity contribution >= 4 is 52.4 Å². The summed E-state index contributed by atoms with van der Waals surface area (Å²) in [4.78, 5) is 25.9. The molecule has 148 valence electrons. The van der Waals surface area contributed by atoms with Gasteiger partial charge in [0.1, 0.15) is 16.3 Å². The Balaban J connectivity index is 2.58. The number of carbonyl (C=O) groups is 1. The highest BCUT2D eigenvalue weighted by atomic mass is 35.5. The molecule has 28 heavy (non-hydrogen) atoms. The van der Waals surface area contributed by atoms with Crippen LogP contribution in [0.5, 0.6) is 11.5 Å². The zero-order chi connectivity index (χ0) is 21.0. The summed E-state index contributed by atoms with van der Waals surface area (Å²) in [6.07, 6.45) is 0. The molecule has 0 fully saturated rings. The van der Waals surface area contributed by atoms with E-state index < -0.39 is 11.0 Å². The monoisotopic (exact) mass is 445 g/mol. The quantitative estimate of drug-likeness (QED) is 0.223. The number of benzene rings is 2. The lowest BCUT2D eigenvalue weighted by Crippen LogP contribution is -2.17. The lowest BCUT2D eigenvalue weighted by Gasteiger charge is -2.13. The smallest absolute Gasteiger partial charge is 0.343 e. The third kappa shape index (κ3) is 4.64. The van der Waals surface area contributed by atoms with Crippen LogP contribution in [0.3, 0.4) is 0 Å². The number of halogens is 3. The average Bonchev–Trinajstić information content (AvgIpc) is 2.67. The van der Waals surface area contributed by atoms with Gasteiger partial charge in [0.05, 0.1) is 22.1 Å². The van der Waals surface area contributed by atoms with Crippen molar-refractivity contribution < 1.29 is 19.2 Å². The highest BCUT2D eigenvalue weighted by molar-refractivity contribution is 6.45. The maximum atomic E-state index is 11.5. The molecule has 0 saturated heterocycles. The van der Waals surface area contributed by atoms with Crippen molar-refractivity contribution in [1.82, 2.24) is 5.32 Å². The molecule has 11 heteroatoms. The van der Waals surface area contributed by atoms with E-state index >= 15 is 0 Å². The molecule has 2 aromatic rings. The third-order valence-corrected chi connectivity index (χ3v) is 4.75. The van der Waals surface area contributed by atoms with E-state index in [1.165, 1.54) is 32.4 Å². The topological polar surface area (TPSA) is 103 Å². The first-order valence-corrected chi connectivity index (χ1v) is 8.78. The Morgan fingerprint density at radius 1 is 1.21 bits per heavy atom. The van der Waals surface area contributed by atoms with Crippen LogP contribution in [0.1, 0.15) is 11.1 Å². The number of nitro benzene ring substituents is 1. The summed E-state index contributed by atoms with van der Waals surface area (Å²) in [5.74, 6) is -0.0393. The van der Waals surface area contributed by atoms with Crippen LogP contribution in [0.4, 0.5) is 10.5 Å². The first kappa shape index (κ1) is 21.7. The van der Waals surface area contributed by atoms with E-state index in [0.717, 1.165) is 0 Å². The van der Waals surface area contributed by atoms with Crippen LogP contribution in [0, 0.1) is 17.0 Å². The van der Waals surface area contributed by atoms with Crippen LogP contribution in [-0.2, 0) is 4.74 Å². The van der Waals surface area contributed by atoms with Gasteiger partial charge in [0.15, 0.2) is 5.75 Å². The summed E-state index contributed by atoms with van der Waals surface area (Å²) in [6, 6.07) is 4.64. The van der Waals surface area contributed by atoms with E-state index in [-0.39, 0.29) is 43.7 Å². The standard InChI is InChI=1S/C17H14Cl3N3O5/c1-8-6-11(18)15(14(20)13(8)19)28-9-4-5-12(23(25)26)10(7-9)16(27-3)22-17(24)21-2/h4-7H,1-3H3,(H,21,24). The van der Waals surface area contributed by atoms with Gasteiger partial charge in [-0.2, -0.15) is 4.99 Å². The van der Waals surface area contributed by atoms with Gasteiger partial charge in [-0.15, -0.1) is 0 Å². The van der Waals surface area contributed by atoms with Crippen molar-refractivity contribution in [2.45, 2.75) is 6.92 Å². The second-order valence-corrected chi connectivity index (χ2v) is 6.51. The molecule has 2 amide bonds. The van der Waals surface area contributed by atoms with Crippen molar-refractivity contribution in [2.24, 2.45) is 4.99 Å². The largest absolute Gasteiger partial charge is 0.480 e. The number of hydrogen-bond donors (Lipinski definition) is 1. The number of urea groups is 1. The predicted octanol–water partition coefficient (Wildman–Crippen LogP) is 5.39. The summed E-state index contributed by atoms with van der Waals surface area (Å²) in [6.45, 7) is 1.73. The predicted molar refractivity (Wildman–Crippen MR) is 107 cm³/mol. The number of ether oxygens (including phenoxy) is 2. The van der Waals surface area contributed by atoms with E-state index in [1.54, 1.807) is 13.0 Å². The molecule has 2 rings (SSSR count). The fourth-order valence-electron chi connectivity index (χ4n) is 2.18. The Hall–Kier alpha value is -2.55. The molecule has 2 aromatic carbocycles. The Morgan fingerprint density at radius 2 is 1.89 bits per heavy atom. The second-order valence-electron chi connectivity index (χ2n) is 5.35. The zero-order valence-electron chi connectivity index (χ0n) is 14.9. The Kier molecular flexibility index (Phi) is 7.06. The van der Waals surface area contributed by atoms with Crippen molar-refractivity contribution in [3.05, 3.63) is 60.6 Å². The molecule has 8 nitrogen and oxygen atoms in total. The van der Waals surface area contributed by atoms with E-state index in [1.807, 2.05) is 0 Å². The lowest BCUT2D eigenvalue weighted by molar-refractivity contribution is -0.385. The number of amides is 2. The molecule has 1 N–H and O–H groups in total. The number of nitro groups is 1. The fraction of sp³-hybridized carbons (Fsp3) is 0.176. The number of rotatable bonds is 4. The molecule has 0 aliphatic heterocycles. The highest BCUT2D eigenvalue weighted by Crippen LogP contribution is 2.43. The van der Waals surface area contributed by atoms with Crippen LogP contribution in [0.2, 0.25) is 15.1 Å². The van der Waals surface area contributed by atoms with Gasteiger partial charge < -0.3 is 14.8 Å². The number of nitrogens with one attached hydrogen (secondary N) is 1. The van der Waals surface area contributed by atoms with Crippen molar-refractivity contribution in [1.29, 1.82) is 0 Å². The van der Waals surface area contributed by atoms with Gasteiger partial charge in [0.25, 0.3) is 5.69 Å². The molecule has 0 bridgehead atoms. The molecule has 0 aromatic heterocycles. The van der Waals surface area contributed by atoms with Crippen LogP contribution in [-0.4, -0.2) is 31.0 Å². The normalized spacial score (nSPS) is 11.1. The molecule has 0 heterocycles. The van der Waals surface area contributed by atoms with Gasteiger partial charge in [0.2, 0.25) is 5.90 Å². The maximum absolute atomic E-state index is 11.5. The SMILES string of the molecule is CNC(=O)N=C(OC)c1cc(Oc2c(Cl)cc(C)c(Cl)c2Cl)ccc1[N+](=O)[O-]. The first-order valence-electron chi connectivity index (χ1n) is 7.64. The van der Waals surface area contributed by atoms with Crippen LogP contribution < -0.4 is 10.1 Å². The number of carbonyl (C=O) groups excluding carboxylic acids is 1. The molecule has 0 radical (unpaired) electrons. The minimum absolute atomic E-state index is 0.0703. The summed E-state index contributed by atoms with van der Waals surface area (Å²) < 4.78 is 10.7. The Bertz CT molecular complexity index is 979. The molecule has 0 aliphatic carbocycles. The van der Waals surface area contributed by atoms with Crippen molar-refractivity contribution in [2.75, 3.05) is 14.2 Å². The van der Waals surface area contributed by atoms with E-state index in [4.69, 9.17) is 44.3 Å². The van der Waals surface area contributed by atoms with Gasteiger partial charge in [-0.05, 0) is 24.6 Å². The van der Waals surface area contributed by atoms with Crippen LogP contribution >= 0.6 is 34.8 Å². The van der Waals surface area contributed by atoms with Gasteiger partial charge in [-0.1, -0.05) is 34.8 Å². The van der Waals surface area contributed by atoms with E-state index in [0.29, 0.717) is 5.56 Å². The highest BCUT2D eigenvalue weighted by Gasteiger charge is 2.23. The molecular formula is C17H14Cl3N3O5. The number of nitrogens with zero attached hydrogens (tertiary/aromatic N) is 2. The molecular weight excluding hydrogens is 433 g/mol. The number of aryl methyl sites for hydroxylation is 1. The molecule has 0 unspecified atom stereocenters. The van der Waals surface area contributed by atoms with Crippen LogP contribution in [0.25, 0.3) is 0 Å². The van der Waals surface area contributed by atoms with E-state index in [9.17, 15) is 14.9 Å². The third-order valence-electron chi connectivity index (χ3n) is 3.52. The van der Waals surface area contributed by atoms with Crippen molar-refractivity contribution in [3.63, 3.8) is 0 Å². The molecule has 0 saturated carbocycles. The average molecular weight is 447 g/mol. The fourth-order valence-corrected chi connectivity index (χ4v) is 2.96. The summed E-state index contributed by atoms with van der Waals surface area (Å²) in [5, 5.41) is 14.2. The van der Waals surface area contributed by atoms with Gasteiger partial charge in [-0.3, -0.25) is 10.1 Å². The minimum Gasteiger partial charge on any atom is -0.480 e. The number of hydrogen-bond acceptors (Lipinski definition) is 5. The van der Waals surface area contributed by atoms with Gasteiger partial charge in [0, 0.05) is 19.2 Å². The van der Waals surface area contributed by atoms with Crippen molar-refractivity contribution in [3.8, 4) is 11.5 Å². The first-order chi connectivity index (χ1) is 13.2. The number of aliphatic imine (C=N–C) groups is 1. The zero-order valence-corrected chi connectivity index (χ0v) is 17.1. The minimum atomic E-state index is -0.742. The molecule has 0 atom stereocenters. The van der Waals surface area contributed by atoms with E-state index in [2.05, 4.69) is 10.3 Å². The second kappa shape index (κ2) is 9.09. The lowest BCUT2D eigenvalue weighted by atomic mass is 10.1. The maximum Gasteiger partial charge on any atom is 0.343 e. The Labute approximate surface area is 175 Å². The summed E-state index contributed by atoms with van der Waals surface area (Å²) in [5.41, 5.74) is 0.253. The van der Waals surface area contributed by atoms with Gasteiger partial charge >= 0.3 is 6.03 Å². The number of methoxy groups -OCH3 is 1. The summed E-state index contributed by atoms with van der Waals surface area (Å²) >= 11 is 18.5. The van der Waals surface area contributed by atoms with Crippen LogP contribution in [0.15, 0.2) is 29.3 Å². The summed E-state index contributed by atoms with van der Waals surface area (Å²) in [7, 11) is 2.59. The van der Waals surface area contributed by atoms with Gasteiger partial charge in [-0.25, -0.2) is 4.79 Å². The Morgan fingerprint density at radius 3 is 2.46 bits per heavy atom.